The van der Waals surface area contributed by atoms with Crippen LogP contribution in [0, 0.1) is 6.92 Å². The molecule has 0 heterocycles. The third kappa shape index (κ3) is 4.29. The van der Waals surface area contributed by atoms with Gasteiger partial charge in [-0.25, -0.2) is 0 Å². The third-order valence-corrected chi connectivity index (χ3v) is 2.75. The van der Waals surface area contributed by atoms with Crippen molar-refractivity contribution in [3.05, 3.63) is 23.3 Å². The molecular weight excluding hydrogens is 268 g/mol. The van der Waals surface area contributed by atoms with Crippen molar-refractivity contribution in [2.45, 2.75) is 19.9 Å². The van der Waals surface area contributed by atoms with Gasteiger partial charge in [0.15, 0.2) is 0 Å². The second-order valence-corrected chi connectivity index (χ2v) is 4.12. The average Bonchev–Trinajstić information content (AvgIpc) is 2.38. The highest BCUT2D eigenvalue weighted by Crippen LogP contribution is 2.29. The van der Waals surface area contributed by atoms with Crippen molar-refractivity contribution in [2.24, 2.45) is 5.73 Å². The maximum absolute atomic E-state index is 12.0. The van der Waals surface area contributed by atoms with Crippen LogP contribution < -0.4 is 20.5 Å². The lowest BCUT2D eigenvalue weighted by Gasteiger charge is -2.14. The zero-order valence-corrected chi connectivity index (χ0v) is 12.5. The average molecular weight is 289 g/mol. The predicted molar refractivity (Wildman–Crippen MR) is 77.5 cm³/mol. The maximum Gasteiger partial charge on any atom is 0.251 e. The number of halogens is 1. The molecular formula is C13H21ClN2O3. The van der Waals surface area contributed by atoms with E-state index in [0.717, 1.165) is 5.56 Å². The fourth-order valence-corrected chi connectivity index (χ4v) is 1.58. The molecule has 1 aromatic rings. The molecule has 1 atom stereocenters. The minimum Gasteiger partial charge on any atom is -0.496 e. The van der Waals surface area contributed by atoms with Crippen molar-refractivity contribution >= 4 is 18.3 Å². The van der Waals surface area contributed by atoms with E-state index in [1.807, 2.05) is 13.8 Å². The standard InChI is InChI=1S/C13H20N2O3.ClH/c1-8(7-14)15-13(16)10-5-11(17-3)9(2)12(6-10)18-4;/h5-6,8H,7,14H2,1-4H3,(H,15,16);1H/t8-;/m1./s1. The molecule has 1 amide bonds. The molecule has 6 heteroatoms. The number of carbonyl (C=O) groups excluding carboxylic acids is 1. The predicted octanol–water partition coefficient (Wildman–Crippen LogP) is 1.51. The van der Waals surface area contributed by atoms with Gasteiger partial charge >= 0.3 is 0 Å². The molecule has 5 nitrogen and oxygen atoms in total. The largest absolute Gasteiger partial charge is 0.496 e. The molecule has 19 heavy (non-hydrogen) atoms. The Hall–Kier alpha value is -1.46. The second-order valence-electron chi connectivity index (χ2n) is 4.12. The second kappa shape index (κ2) is 7.86. The Labute approximate surface area is 119 Å². The normalized spacial score (nSPS) is 11.2. The van der Waals surface area contributed by atoms with Crippen LogP contribution in [0.4, 0.5) is 0 Å². The minimum absolute atomic E-state index is 0. The van der Waals surface area contributed by atoms with E-state index in [4.69, 9.17) is 15.2 Å². The van der Waals surface area contributed by atoms with Gasteiger partial charge in [-0.1, -0.05) is 0 Å². The van der Waals surface area contributed by atoms with E-state index in [1.165, 1.54) is 0 Å². The van der Waals surface area contributed by atoms with Crippen molar-refractivity contribution in [2.75, 3.05) is 20.8 Å². The van der Waals surface area contributed by atoms with Crippen LogP contribution in [0.1, 0.15) is 22.8 Å². The van der Waals surface area contributed by atoms with Gasteiger partial charge in [-0.2, -0.15) is 0 Å². The van der Waals surface area contributed by atoms with Crippen LogP contribution in [0.3, 0.4) is 0 Å². The molecule has 0 aromatic heterocycles. The number of nitrogens with two attached hydrogens (primary N) is 1. The summed E-state index contributed by atoms with van der Waals surface area (Å²) in [7, 11) is 3.12. The Morgan fingerprint density at radius 1 is 1.32 bits per heavy atom. The summed E-state index contributed by atoms with van der Waals surface area (Å²) < 4.78 is 10.4. The topological polar surface area (TPSA) is 73.6 Å². The lowest BCUT2D eigenvalue weighted by Crippen LogP contribution is -2.37. The van der Waals surface area contributed by atoms with Crippen LogP contribution in [-0.2, 0) is 0 Å². The van der Waals surface area contributed by atoms with E-state index in [9.17, 15) is 4.79 Å². The first kappa shape index (κ1) is 17.5. The minimum atomic E-state index is -0.190. The molecule has 0 saturated carbocycles. The summed E-state index contributed by atoms with van der Waals surface area (Å²) in [6.45, 7) is 4.12. The highest BCUT2D eigenvalue weighted by atomic mass is 35.5. The van der Waals surface area contributed by atoms with Crippen molar-refractivity contribution in [3.63, 3.8) is 0 Å². The highest BCUT2D eigenvalue weighted by molar-refractivity contribution is 5.95. The molecule has 0 aliphatic rings. The first-order chi connectivity index (χ1) is 8.53. The fraction of sp³-hybridized carbons (Fsp3) is 0.462. The van der Waals surface area contributed by atoms with Crippen molar-refractivity contribution in [3.8, 4) is 11.5 Å². The molecule has 108 valence electrons. The van der Waals surface area contributed by atoms with Gasteiger partial charge in [0.05, 0.1) is 14.2 Å². The van der Waals surface area contributed by atoms with E-state index >= 15 is 0 Å². The SMILES string of the molecule is COc1cc(C(=O)N[C@H](C)CN)cc(OC)c1C.Cl. The summed E-state index contributed by atoms with van der Waals surface area (Å²) >= 11 is 0. The number of hydrogen-bond acceptors (Lipinski definition) is 4. The Kier molecular flexibility index (Phi) is 7.26. The maximum atomic E-state index is 12.0. The quantitative estimate of drug-likeness (QED) is 0.861. The summed E-state index contributed by atoms with van der Waals surface area (Å²) in [5.41, 5.74) is 6.83. The van der Waals surface area contributed by atoms with Gasteiger partial charge in [0.1, 0.15) is 11.5 Å². The van der Waals surface area contributed by atoms with Gasteiger partial charge in [0.2, 0.25) is 0 Å². The number of benzene rings is 1. The number of ether oxygens (including phenoxy) is 2. The van der Waals surface area contributed by atoms with Crippen molar-refractivity contribution in [1.82, 2.24) is 5.32 Å². The van der Waals surface area contributed by atoms with E-state index in [2.05, 4.69) is 5.32 Å². The molecule has 0 fully saturated rings. The molecule has 3 N–H and O–H groups in total. The zero-order chi connectivity index (χ0) is 13.7. The number of methoxy groups -OCH3 is 2. The first-order valence-corrected chi connectivity index (χ1v) is 5.77. The molecule has 0 bridgehead atoms. The molecule has 1 rings (SSSR count). The van der Waals surface area contributed by atoms with Gasteiger partial charge in [-0.3, -0.25) is 4.79 Å². The molecule has 1 aromatic carbocycles. The van der Waals surface area contributed by atoms with Crippen molar-refractivity contribution < 1.29 is 14.3 Å². The van der Waals surface area contributed by atoms with Gasteiger partial charge in [0, 0.05) is 23.7 Å². The number of rotatable bonds is 5. The Morgan fingerprint density at radius 3 is 2.16 bits per heavy atom. The van der Waals surface area contributed by atoms with E-state index < -0.39 is 0 Å². The van der Waals surface area contributed by atoms with Crippen LogP contribution in [0.25, 0.3) is 0 Å². The van der Waals surface area contributed by atoms with Gasteiger partial charge in [0.25, 0.3) is 5.91 Å². The zero-order valence-electron chi connectivity index (χ0n) is 11.6. The van der Waals surface area contributed by atoms with Crippen LogP contribution in [0.5, 0.6) is 11.5 Å². The van der Waals surface area contributed by atoms with E-state index in [1.54, 1.807) is 26.4 Å². The Balaban J connectivity index is 0.00000324. The van der Waals surface area contributed by atoms with Crippen LogP contribution in [-0.4, -0.2) is 32.7 Å². The third-order valence-electron chi connectivity index (χ3n) is 2.75. The van der Waals surface area contributed by atoms with E-state index in [0.29, 0.717) is 23.6 Å². The molecule has 0 radical (unpaired) electrons. The monoisotopic (exact) mass is 288 g/mol. The molecule has 0 saturated heterocycles. The smallest absolute Gasteiger partial charge is 0.251 e. The summed E-state index contributed by atoms with van der Waals surface area (Å²) in [6, 6.07) is 3.31. The molecule has 0 spiro atoms. The highest BCUT2D eigenvalue weighted by Gasteiger charge is 2.14. The number of nitrogens with one attached hydrogen (secondary N) is 1. The van der Waals surface area contributed by atoms with Crippen LogP contribution in [0.2, 0.25) is 0 Å². The lowest BCUT2D eigenvalue weighted by atomic mass is 10.1. The lowest BCUT2D eigenvalue weighted by molar-refractivity contribution is 0.0940. The summed E-state index contributed by atoms with van der Waals surface area (Å²) in [4.78, 5) is 12.0. The van der Waals surface area contributed by atoms with E-state index in [-0.39, 0.29) is 24.4 Å². The van der Waals surface area contributed by atoms with Gasteiger partial charge in [-0.05, 0) is 26.0 Å². The molecule has 0 aliphatic heterocycles. The number of amides is 1. The molecule has 0 aliphatic carbocycles. The Morgan fingerprint density at radius 2 is 1.79 bits per heavy atom. The van der Waals surface area contributed by atoms with Crippen LogP contribution >= 0.6 is 12.4 Å². The van der Waals surface area contributed by atoms with Crippen molar-refractivity contribution in [1.29, 1.82) is 0 Å². The molecule has 0 unspecified atom stereocenters. The van der Waals surface area contributed by atoms with Gasteiger partial charge in [-0.15, -0.1) is 12.4 Å². The number of hydrogen-bond donors (Lipinski definition) is 2. The summed E-state index contributed by atoms with van der Waals surface area (Å²) in [5, 5.41) is 2.79. The first-order valence-electron chi connectivity index (χ1n) is 5.77. The van der Waals surface area contributed by atoms with Gasteiger partial charge < -0.3 is 20.5 Å². The fourth-order valence-electron chi connectivity index (χ4n) is 1.58. The Bertz CT molecular complexity index is 413. The summed E-state index contributed by atoms with van der Waals surface area (Å²) in [6.07, 6.45) is 0. The number of carbonyl (C=O) groups is 1. The summed E-state index contributed by atoms with van der Waals surface area (Å²) in [5.74, 6) is 1.06. The van der Waals surface area contributed by atoms with Crippen LogP contribution in [0.15, 0.2) is 12.1 Å².